The van der Waals surface area contributed by atoms with Crippen LogP contribution in [0.3, 0.4) is 0 Å². The Labute approximate surface area is 168 Å². The van der Waals surface area contributed by atoms with E-state index in [1.807, 2.05) is 38.1 Å². The highest BCUT2D eigenvalue weighted by molar-refractivity contribution is 6.38. The van der Waals surface area contributed by atoms with E-state index in [0.29, 0.717) is 44.8 Å². The van der Waals surface area contributed by atoms with Crippen molar-refractivity contribution in [2.75, 3.05) is 13.2 Å². The molecule has 2 aromatic carbocycles. The number of ether oxygens (including phenoxy) is 2. The molecule has 0 aliphatic heterocycles. The van der Waals surface area contributed by atoms with E-state index in [4.69, 9.17) is 55.9 Å². The lowest BCUT2D eigenvalue weighted by atomic mass is 9.78. The summed E-state index contributed by atoms with van der Waals surface area (Å²) in [5.41, 5.74) is 1.44. The van der Waals surface area contributed by atoms with Crippen LogP contribution in [-0.2, 0) is 5.41 Å². The molecule has 0 heterocycles. The first kappa shape index (κ1) is 20.5. The van der Waals surface area contributed by atoms with Crippen molar-refractivity contribution in [1.29, 1.82) is 0 Å². The van der Waals surface area contributed by atoms with E-state index in [1.54, 1.807) is 0 Å². The van der Waals surface area contributed by atoms with Crippen LogP contribution in [0.2, 0.25) is 20.1 Å². The molecule has 0 aliphatic carbocycles. The third-order valence-electron chi connectivity index (χ3n) is 4.02. The Bertz CT molecular complexity index is 663. The van der Waals surface area contributed by atoms with Gasteiger partial charge in [0.2, 0.25) is 0 Å². The molecule has 0 aliphatic rings. The third-order valence-corrected chi connectivity index (χ3v) is 5.14. The van der Waals surface area contributed by atoms with Gasteiger partial charge >= 0.3 is 0 Å². The lowest BCUT2D eigenvalue weighted by Crippen LogP contribution is -2.19. The number of halogens is 4. The highest BCUT2D eigenvalue weighted by Crippen LogP contribution is 2.43. The molecular weight excluding hydrogens is 402 g/mol. The van der Waals surface area contributed by atoms with Gasteiger partial charge in [0.15, 0.2) is 11.5 Å². The Morgan fingerprint density at radius 2 is 0.960 bits per heavy atom. The van der Waals surface area contributed by atoms with Gasteiger partial charge in [-0.15, -0.1) is 0 Å². The second kappa shape index (κ2) is 8.26. The standard InChI is InChI=1S/C19H20Cl4O2/c1-5-24-17-13(20)7-11(8-14(17)21)19(3,4)12-9-15(22)18(25-6-2)16(23)10-12/h7-10H,5-6H2,1-4H3. The van der Waals surface area contributed by atoms with E-state index in [-0.39, 0.29) is 0 Å². The summed E-state index contributed by atoms with van der Waals surface area (Å²) in [6.07, 6.45) is 0. The summed E-state index contributed by atoms with van der Waals surface area (Å²) >= 11 is 25.4. The van der Waals surface area contributed by atoms with Gasteiger partial charge in [-0.05, 0) is 49.2 Å². The van der Waals surface area contributed by atoms with Crippen LogP contribution in [-0.4, -0.2) is 13.2 Å². The maximum atomic E-state index is 6.35. The van der Waals surface area contributed by atoms with E-state index >= 15 is 0 Å². The average Bonchev–Trinajstić information content (AvgIpc) is 2.53. The quantitative estimate of drug-likeness (QED) is 0.482. The molecule has 0 spiro atoms. The monoisotopic (exact) mass is 420 g/mol. The molecule has 0 amide bonds. The summed E-state index contributed by atoms with van der Waals surface area (Å²) < 4.78 is 11.0. The van der Waals surface area contributed by atoms with Gasteiger partial charge < -0.3 is 9.47 Å². The highest BCUT2D eigenvalue weighted by atomic mass is 35.5. The van der Waals surface area contributed by atoms with Crippen LogP contribution >= 0.6 is 46.4 Å². The van der Waals surface area contributed by atoms with E-state index in [1.165, 1.54) is 0 Å². The number of benzene rings is 2. The molecule has 0 aromatic heterocycles. The topological polar surface area (TPSA) is 18.5 Å². The number of hydrogen-bond acceptors (Lipinski definition) is 2. The lowest BCUT2D eigenvalue weighted by Gasteiger charge is -2.28. The maximum absolute atomic E-state index is 6.35. The van der Waals surface area contributed by atoms with Gasteiger partial charge in [-0.3, -0.25) is 0 Å². The minimum atomic E-state index is -0.421. The second-order valence-corrected chi connectivity index (χ2v) is 7.66. The molecule has 6 heteroatoms. The minimum Gasteiger partial charge on any atom is -0.491 e. The van der Waals surface area contributed by atoms with Crippen molar-refractivity contribution in [3.05, 3.63) is 55.5 Å². The zero-order valence-corrected chi connectivity index (χ0v) is 17.6. The summed E-state index contributed by atoms with van der Waals surface area (Å²) in [4.78, 5) is 0. The van der Waals surface area contributed by atoms with E-state index in [9.17, 15) is 0 Å². The van der Waals surface area contributed by atoms with Crippen molar-refractivity contribution in [1.82, 2.24) is 0 Å². The lowest BCUT2D eigenvalue weighted by molar-refractivity contribution is 0.340. The Kier molecular flexibility index (Phi) is 6.78. The van der Waals surface area contributed by atoms with E-state index < -0.39 is 5.41 Å². The molecule has 2 aromatic rings. The van der Waals surface area contributed by atoms with Gasteiger partial charge in [0.25, 0.3) is 0 Å². The molecule has 0 atom stereocenters. The van der Waals surface area contributed by atoms with Crippen LogP contribution < -0.4 is 9.47 Å². The smallest absolute Gasteiger partial charge is 0.156 e. The van der Waals surface area contributed by atoms with Crippen LogP contribution in [0.25, 0.3) is 0 Å². The third kappa shape index (κ3) is 4.31. The van der Waals surface area contributed by atoms with Gasteiger partial charge in [0.05, 0.1) is 33.3 Å². The molecule has 0 saturated heterocycles. The zero-order chi connectivity index (χ0) is 18.8. The minimum absolute atomic E-state index is 0.421. The molecule has 0 N–H and O–H groups in total. The van der Waals surface area contributed by atoms with Crippen LogP contribution in [0.4, 0.5) is 0 Å². The van der Waals surface area contributed by atoms with Gasteiger partial charge in [-0.1, -0.05) is 60.3 Å². The first-order chi connectivity index (χ1) is 11.7. The summed E-state index contributed by atoms with van der Waals surface area (Å²) in [5, 5.41) is 1.89. The van der Waals surface area contributed by atoms with E-state index in [0.717, 1.165) is 11.1 Å². The van der Waals surface area contributed by atoms with Gasteiger partial charge in [-0.2, -0.15) is 0 Å². The Balaban J connectivity index is 2.52. The predicted molar refractivity (Wildman–Crippen MR) is 107 cm³/mol. The Morgan fingerprint density at radius 1 is 0.680 bits per heavy atom. The van der Waals surface area contributed by atoms with Crippen molar-refractivity contribution in [2.45, 2.75) is 33.1 Å². The fourth-order valence-electron chi connectivity index (χ4n) is 2.57. The normalized spacial score (nSPS) is 11.5. The Morgan fingerprint density at radius 3 is 1.20 bits per heavy atom. The average molecular weight is 422 g/mol. The first-order valence-electron chi connectivity index (χ1n) is 7.97. The van der Waals surface area contributed by atoms with Crippen molar-refractivity contribution >= 4 is 46.4 Å². The fraction of sp³-hybridized carbons (Fsp3) is 0.368. The zero-order valence-electron chi connectivity index (χ0n) is 14.6. The van der Waals surface area contributed by atoms with Gasteiger partial charge in [-0.25, -0.2) is 0 Å². The van der Waals surface area contributed by atoms with Crippen LogP contribution in [0, 0.1) is 0 Å². The van der Waals surface area contributed by atoms with Crippen molar-refractivity contribution < 1.29 is 9.47 Å². The number of hydrogen-bond donors (Lipinski definition) is 0. The SMILES string of the molecule is CCOc1c(Cl)cc(C(C)(C)c2cc(Cl)c(OCC)c(Cl)c2)cc1Cl. The van der Waals surface area contributed by atoms with Crippen molar-refractivity contribution in [2.24, 2.45) is 0 Å². The second-order valence-electron chi connectivity index (χ2n) is 6.03. The number of rotatable bonds is 6. The van der Waals surface area contributed by atoms with Crippen LogP contribution in [0.5, 0.6) is 11.5 Å². The molecular formula is C19H20Cl4O2. The molecule has 2 nitrogen and oxygen atoms in total. The molecule has 2 rings (SSSR count). The molecule has 0 radical (unpaired) electrons. The van der Waals surface area contributed by atoms with Gasteiger partial charge in [0, 0.05) is 5.41 Å². The summed E-state index contributed by atoms with van der Waals surface area (Å²) in [5.74, 6) is 0.987. The predicted octanol–water partition coefficient (Wildman–Crippen LogP) is 7.42. The van der Waals surface area contributed by atoms with Crippen molar-refractivity contribution in [3.63, 3.8) is 0 Å². The van der Waals surface area contributed by atoms with Gasteiger partial charge in [0.1, 0.15) is 0 Å². The molecule has 0 saturated carbocycles. The van der Waals surface area contributed by atoms with E-state index in [2.05, 4.69) is 13.8 Å². The largest absolute Gasteiger partial charge is 0.491 e. The maximum Gasteiger partial charge on any atom is 0.156 e. The molecule has 136 valence electrons. The van der Waals surface area contributed by atoms with Crippen LogP contribution in [0.15, 0.2) is 24.3 Å². The fourth-order valence-corrected chi connectivity index (χ4v) is 3.76. The molecule has 0 bridgehead atoms. The first-order valence-corrected chi connectivity index (χ1v) is 9.48. The summed E-state index contributed by atoms with van der Waals surface area (Å²) in [7, 11) is 0. The molecule has 0 fully saturated rings. The highest BCUT2D eigenvalue weighted by Gasteiger charge is 2.27. The summed E-state index contributed by atoms with van der Waals surface area (Å²) in [6, 6.07) is 7.43. The molecule has 0 unspecified atom stereocenters. The summed E-state index contributed by atoms with van der Waals surface area (Å²) in [6.45, 7) is 8.86. The van der Waals surface area contributed by atoms with Crippen LogP contribution in [0.1, 0.15) is 38.8 Å². The van der Waals surface area contributed by atoms with Crippen molar-refractivity contribution in [3.8, 4) is 11.5 Å². The Hall–Kier alpha value is -0.800. The molecule has 25 heavy (non-hydrogen) atoms.